The highest BCUT2D eigenvalue weighted by molar-refractivity contribution is 5.53. The largest absolute Gasteiger partial charge is 0.491 e. The van der Waals surface area contributed by atoms with Crippen LogP contribution in [0.1, 0.15) is 36.6 Å². The van der Waals surface area contributed by atoms with Crippen molar-refractivity contribution in [1.82, 2.24) is 19.9 Å². The van der Waals surface area contributed by atoms with Crippen LogP contribution >= 0.6 is 0 Å². The molecule has 1 fully saturated rings. The van der Waals surface area contributed by atoms with E-state index in [9.17, 15) is 4.79 Å². The van der Waals surface area contributed by atoms with E-state index >= 15 is 0 Å². The van der Waals surface area contributed by atoms with Gasteiger partial charge in [-0.05, 0) is 49.2 Å². The molecule has 0 radical (unpaired) electrons. The van der Waals surface area contributed by atoms with Crippen molar-refractivity contribution >= 4 is 0 Å². The summed E-state index contributed by atoms with van der Waals surface area (Å²) in [6.45, 7) is 2.90. The van der Waals surface area contributed by atoms with E-state index < -0.39 is 0 Å². The third-order valence-corrected chi connectivity index (χ3v) is 5.54. The van der Waals surface area contributed by atoms with Gasteiger partial charge < -0.3 is 14.5 Å². The monoisotopic (exact) mass is 420 g/mol. The van der Waals surface area contributed by atoms with Gasteiger partial charge in [-0.3, -0.25) is 14.7 Å². The predicted molar refractivity (Wildman–Crippen MR) is 119 cm³/mol. The molecule has 162 valence electrons. The molecule has 0 spiro atoms. The average molecular weight is 421 g/mol. The molecular weight excluding hydrogens is 392 g/mol. The van der Waals surface area contributed by atoms with Crippen LogP contribution in [0.25, 0.3) is 11.4 Å². The molecule has 2 aromatic heterocycles. The Kier molecular flexibility index (Phi) is 7.07. The fourth-order valence-electron chi connectivity index (χ4n) is 3.98. The lowest BCUT2D eigenvalue weighted by Crippen LogP contribution is -2.34. The Morgan fingerprint density at radius 1 is 1.10 bits per heavy atom. The summed E-state index contributed by atoms with van der Waals surface area (Å²) in [5.41, 5.74) is 2.78. The maximum Gasteiger partial charge on any atom is 0.251 e. The van der Waals surface area contributed by atoms with E-state index in [-0.39, 0.29) is 11.6 Å². The summed E-state index contributed by atoms with van der Waals surface area (Å²) in [6.07, 6.45) is 6.68. The molecule has 7 heteroatoms. The van der Waals surface area contributed by atoms with Crippen molar-refractivity contribution in [2.45, 2.75) is 31.8 Å². The maximum atomic E-state index is 12.4. The lowest BCUT2D eigenvalue weighted by atomic mass is 9.98. The normalized spacial score (nSPS) is 16.9. The van der Waals surface area contributed by atoms with Crippen molar-refractivity contribution < 1.29 is 9.47 Å². The Morgan fingerprint density at radius 2 is 1.90 bits per heavy atom. The summed E-state index contributed by atoms with van der Waals surface area (Å²) in [5, 5.41) is 0. The summed E-state index contributed by atoms with van der Waals surface area (Å²) in [6, 6.07) is 13.7. The van der Waals surface area contributed by atoms with Gasteiger partial charge in [-0.25, -0.2) is 4.98 Å². The minimum absolute atomic E-state index is 0.120. The second kappa shape index (κ2) is 10.3. The summed E-state index contributed by atoms with van der Waals surface area (Å²) >= 11 is 0. The molecule has 3 aromatic rings. The first-order valence-electron chi connectivity index (χ1n) is 10.7. The third-order valence-electron chi connectivity index (χ3n) is 5.54. The first kappa shape index (κ1) is 21.2. The molecule has 31 heavy (non-hydrogen) atoms. The zero-order valence-electron chi connectivity index (χ0n) is 17.8. The van der Waals surface area contributed by atoms with Crippen molar-refractivity contribution in [2.24, 2.45) is 0 Å². The Bertz CT molecular complexity index is 1020. The average Bonchev–Trinajstić information content (AvgIpc) is 2.81. The third kappa shape index (κ3) is 5.57. The molecule has 0 aliphatic carbocycles. The first-order valence-corrected chi connectivity index (χ1v) is 10.7. The van der Waals surface area contributed by atoms with E-state index in [2.05, 4.69) is 27.0 Å². The van der Waals surface area contributed by atoms with Gasteiger partial charge in [0.15, 0.2) is 0 Å². The van der Waals surface area contributed by atoms with E-state index in [4.69, 9.17) is 14.5 Å². The topological polar surface area (TPSA) is 80.3 Å². The van der Waals surface area contributed by atoms with Gasteiger partial charge in [0.05, 0.1) is 18.3 Å². The molecule has 3 heterocycles. The van der Waals surface area contributed by atoms with Gasteiger partial charge >= 0.3 is 0 Å². The summed E-state index contributed by atoms with van der Waals surface area (Å²) in [7, 11) is 1.66. The van der Waals surface area contributed by atoms with Crippen LogP contribution in [-0.4, -0.2) is 46.7 Å². The van der Waals surface area contributed by atoms with Gasteiger partial charge in [0, 0.05) is 37.7 Å². The molecular formula is C24H28N4O3. The van der Waals surface area contributed by atoms with Crippen LogP contribution in [0, 0.1) is 0 Å². The Balaban J connectivity index is 1.52. The summed E-state index contributed by atoms with van der Waals surface area (Å²) < 4.78 is 10.7. The zero-order valence-corrected chi connectivity index (χ0v) is 17.8. The fraction of sp³-hybridized carbons (Fsp3) is 0.375. The molecule has 1 aromatic carbocycles. The fourth-order valence-corrected chi connectivity index (χ4v) is 3.98. The molecule has 7 nitrogen and oxygen atoms in total. The minimum Gasteiger partial charge on any atom is -0.491 e. The number of hydrogen-bond donors (Lipinski definition) is 1. The smallest absolute Gasteiger partial charge is 0.251 e. The van der Waals surface area contributed by atoms with Crippen LogP contribution in [-0.2, 0) is 11.3 Å². The number of hydrogen-bond acceptors (Lipinski definition) is 6. The van der Waals surface area contributed by atoms with Crippen LogP contribution in [0.4, 0.5) is 0 Å². The van der Waals surface area contributed by atoms with E-state index in [1.165, 1.54) is 5.56 Å². The van der Waals surface area contributed by atoms with Gasteiger partial charge in [0.1, 0.15) is 18.2 Å². The quantitative estimate of drug-likeness (QED) is 0.561. The lowest BCUT2D eigenvalue weighted by molar-refractivity contribution is 0.137. The molecule has 1 saturated heterocycles. The second-order valence-electron chi connectivity index (χ2n) is 7.72. The Labute approximate surface area is 182 Å². The number of aromatic amines is 1. The van der Waals surface area contributed by atoms with Crippen LogP contribution in [0.2, 0.25) is 0 Å². The number of benzene rings is 1. The van der Waals surface area contributed by atoms with Crippen molar-refractivity contribution in [3.05, 3.63) is 76.5 Å². The van der Waals surface area contributed by atoms with Crippen molar-refractivity contribution in [3.8, 4) is 17.1 Å². The molecule has 0 unspecified atom stereocenters. The van der Waals surface area contributed by atoms with Crippen molar-refractivity contribution in [2.75, 3.05) is 26.9 Å². The molecule has 0 amide bonds. The number of pyridine rings is 1. The van der Waals surface area contributed by atoms with E-state index in [1.54, 1.807) is 25.6 Å². The molecule has 0 bridgehead atoms. The van der Waals surface area contributed by atoms with E-state index in [0.717, 1.165) is 49.4 Å². The van der Waals surface area contributed by atoms with Crippen LogP contribution in [0.5, 0.6) is 5.75 Å². The summed E-state index contributed by atoms with van der Waals surface area (Å²) in [5.74, 6) is 1.43. The molecule has 0 saturated carbocycles. The van der Waals surface area contributed by atoms with Gasteiger partial charge in [-0.2, -0.15) is 0 Å². The van der Waals surface area contributed by atoms with Crippen molar-refractivity contribution in [3.63, 3.8) is 0 Å². The molecule has 1 aliphatic heterocycles. The van der Waals surface area contributed by atoms with Gasteiger partial charge in [-0.1, -0.05) is 18.6 Å². The standard InChI is InChI=1S/C24H28N4O3/c1-30-14-15-31-20-7-5-18(6-8-20)17-28-13-3-2-4-22(28)21-16-23(29)27-24(26-21)19-9-11-25-12-10-19/h5-12,16,22H,2-4,13-15,17H2,1H3,(H,26,27,29)/t22-/m0/s1. The SMILES string of the molecule is COCCOc1ccc(CN2CCCC[C@H]2c2cc(=O)[nH]c(-c3ccncc3)n2)cc1. The number of H-pyrrole nitrogens is 1. The van der Waals surface area contributed by atoms with Crippen molar-refractivity contribution in [1.29, 1.82) is 0 Å². The zero-order chi connectivity index (χ0) is 21.5. The number of ether oxygens (including phenoxy) is 2. The number of rotatable bonds is 8. The van der Waals surface area contributed by atoms with E-state index in [1.807, 2.05) is 24.3 Å². The van der Waals surface area contributed by atoms with Gasteiger partial charge in [0.25, 0.3) is 5.56 Å². The maximum absolute atomic E-state index is 12.4. The number of nitrogens with zero attached hydrogens (tertiary/aromatic N) is 3. The van der Waals surface area contributed by atoms with Crippen LogP contribution < -0.4 is 10.3 Å². The highest BCUT2D eigenvalue weighted by Gasteiger charge is 2.26. The van der Waals surface area contributed by atoms with E-state index in [0.29, 0.717) is 19.0 Å². The molecule has 1 aliphatic rings. The van der Waals surface area contributed by atoms with Gasteiger partial charge in [0.2, 0.25) is 0 Å². The van der Waals surface area contributed by atoms with Crippen LogP contribution in [0.15, 0.2) is 59.7 Å². The molecule has 1 N–H and O–H groups in total. The molecule has 1 atom stereocenters. The second-order valence-corrected chi connectivity index (χ2v) is 7.72. The number of piperidine rings is 1. The highest BCUT2D eigenvalue weighted by Crippen LogP contribution is 2.31. The lowest BCUT2D eigenvalue weighted by Gasteiger charge is -2.35. The predicted octanol–water partition coefficient (Wildman–Crippen LogP) is 3.58. The number of likely N-dealkylation sites (tertiary alicyclic amines) is 1. The summed E-state index contributed by atoms with van der Waals surface area (Å²) in [4.78, 5) is 26.5. The highest BCUT2D eigenvalue weighted by atomic mass is 16.5. The van der Waals surface area contributed by atoms with Gasteiger partial charge in [-0.15, -0.1) is 0 Å². The van der Waals surface area contributed by atoms with Crippen LogP contribution in [0.3, 0.4) is 0 Å². The molecule has 4 rings (SSSR count). The number of aromatic nitrogens is 3. The number of nitrogens with one attached hydrogen (secondary N) is 1. The Morgan fingerprint density at radius 3 is 2.68 bits per heavy atom. The Hall–Kier alpha value is -3.03. The minimum atomic E-state index is -0.125. The first-order chi connectivity index (χ1) is 15.2. The number of methoxy groups -OCH3 is 1.